The lowest BCUT2D eigenvalue weighted by Gasteiger charge is -2.11. The second kappa shape index (κ2) is 11.4. The maximum atomic E-state index is 10.7. The summed E-state index contributed by atoms with van der Waals surface area (Å²) in [4.78, 5) is 21.6. The SMILES string of the molecule is Cc1nc[nH]c1CSCCNC(=C[N+](=O)[O-])NCCSCc1nc[nH]n1. The summed E-state index contributed by atoms with van der Waals surface area (Å²) in [5, 5.41) is 23.5. The molecule has 4 N–H and O–H groups in total. The number of rotatable bonds is 13. The third-order valence-corrected chi connectivity index (χ3v) is 5.18. The molecule has 0 amide bonds. The Morgan fingerprint density at radius 1 is 1.23 bits per heavy atom. The van der Waals surface area contributed by atoms with Crippen molar-refractivity contribution >= 4 is 23.5 Å². The highest BCUT2D eigenvalue weighted by atomic mass is 32.2. The topological polar surface area (TPSA) is 137 Å². The molecule has 10 nitrogen and oxygen atoms in total. The van der Waals surface area contributed by atoms with Crippen LogP contribution in [0.25, 0.3) is 0 Å². The quantitative estimate of drug-likeness (QED) is 0.223. The Kier molecular flexibility index (Phi) is 8.83. The van der Waals surface area contributed by atoms with E-state index in [1.54, 1.807) is 36.2 Å². The number of imidazole rings is 1. The van der Waals surface area contributed by atoms with E-state index in [2.05, 4.69) is 35.8 Å². The maximum absolute atomic E-state index is 10.7. The summed E-state index contributed by atoms with van der Waals surface area (Å²) < 4.78 is 0. The molecule has 0 spiro atoms. The lowest BCUT2D eigenvalue weighted by molar-refractivity contribution is -0.404. The molecule has 0 atom stereocenters. The zero-order valence-electron chi connectivity index (χ0n) is 14.4. The number of hydrogen-bond acceptors (Lipinski definition) is 9. The summed E-state index contributed by atoms with van der Waals surface area (Å²) in [5.74, 6) is 4.34. The van der Waals surface area contributed by atoms with E-state index in [0.717, 1.165) is 40.7 Å². The number of nitrogens with one attached hydrogen (secondary N) is 4. The van der Waals surface area contributed by atoms with Gasteiger partial charge in [0.1, 0.15) is 6.33 Å². The minimum absolute atomic E-state index is 0.423. The fourth-order valence-corrected chi connectivity index (χ4v) is 3.55. The Morgan fingerprint density at radius 2 is 1.96 bits per heavy atom. The summed E-state index contributed by atoms with van der Waals surface area (Å²) in [6, 6.07) is 0. The normalized spacial score (nSPS) is 11.5. The Bertz CT molecular complexity index is 689. The van der Waals surface area contributed by atoms with E-state index in [4.69, 9.17) is 0 Å². The summed E-state index contributed by atoms with van der Waals surface area (Å²) >= 11 is 3.39. The van der Waals surface area contributed by atoms with Crippen LogP contribution in [-0.4, -0.2) is 54.7 Å². The number of aromatic amines is 2. The average molecular weight is 399 g/mol. The van der Waals surface area contributed by atoms with Crippen LogP contribution in [0.4, 0.5) is 0 Å². The van der Waals surface area contributed by atoms with Gasteiger partial charge in [0.15, 0.2) is 11.6 Å². The van der Waals surface area contributed by atoms with E-state index in [1.165, 1.54) is 0 Å². The summed E-state index contributed by atoms with van der Waals surface area (Å²) in [6.07, 6.45) is 4.19. The standard InChI is InChI=1S/C14H22N8O2S2/c1-11-12(18-9-17-11)7-25-4-2-15-13(6-22(23)24)16-3-5-26-8-14-19-10-20-21-14/h6,9-10,15-16H,2-5,7-8H2,1H3,(H,17,18)(H,19,20,21). The highest BCUT2D eigenvalue weighted by Crippen LogP contribution is 2.11. The smallest absolute Gasteiger partial charge is 0.274 e. The molecule has 0 aromatic carbocycles. The van der Waals surface area contributed by atoms with Gasteiger partial charge in [0.2, 0.25) is 0 Å². The van der Waals surface area contributed by atoms with Crippen molar-refractivity contribution in [2.45, 2.75) is 18.4 Å². The van der Waals surface area contributed by atoms with Crippen LogP contribution in [0.1, 0.15) is 17.2 Å². The first kappa shape index (κ1) is 20.1. The molecule has 0 bridgehead atoms. The van der Waals surface area contributed by atoms with Crippen molar-refractivity contribution in [3.05, 3.63) is 52.0 Å². The van der Waals surface area contributed by atoms with Crippen LogP contribution in [0, 0.1) is 17.0 Å². The molecule has 0 aliphatic rings. The minimum Gasteiger partial charge on any atom is -0.366 e. The first-order valence-electron chi connectivity index (χ1n) is 7.97. The summed E-state index contributed by atoms with van der Waals surface area (Å²) in [6.45, 7) is 3.21. The highest BCUT2D eigenvalue weighted by Gasteiger charge is 2.04. The van der Waals surface area contributed by atoms with Crippen LogP contribution in [0.2, 0.25) is 0 Å². The Hall–Kier alpha value is -2.21. The molecule has 0 saturated heterocycles. The van der Waals surface area contributed by atoms with Crippen LogP contribution >= 0.6 is 23.5 Å². The lowest BCUT2D eigenvalue weighted by atomic mass is 10.4. The molecule has 2 aromatic rings. The van der Waals surface area contributed by atoms with Gasteiger partial charge in [-0.2, -0.15) is 28.6 Å². The van der Waals surface area contributed by atoms with Crippen LogP contribution in [-0.2, 0) is 11.5 Å². The third-order valence-electron chi connectivity index (χ3n) is 3.23. The second-order valence-corrected chi connectivity index (χ2v) is 7.38. The van der Waals surface area contributed by atoms with Crippen molar-refractivity contribution in [1.82, 2.24) is 35.8 Å². The van der Waals surface area contributed by atoms with Crippen LogP contribution in [0.5, 0.6) is 0 Å². The number of thioether (sulfide) groups is 2. The largest absolute Gasteiger partial charge is 0.366 e. The van der Waals surface area contributed by atoms with Crippen LogP contribution in [0.15, 0.2) is 24.7 Å². The first-order valence-corrected chi connectivity index (χ1v) is 10.3. The second-order valence-electron chi connectivity index (χ2n) is 5.17. The number of nitro groups is 1. The number of aryl methyl sites for hydroxylation is 1. The molecular formula is C14H22N8O2S2. The van der Waals surface area contributed by atoms with E-state index in [0.29, 0.717) is 24.7 Å². The van der Waals surface area contributed by atoms with Crippen molar-refractivity contribution in [2.75, 3.05) is 24.6 Å². The monoisotopic (exact) mass is 398 g/mol. The first-order chi connectivity index (χ1) is 12.6. The van der Waals surface area contributed by atoms with Gasteiger partial charge >= 0.3 is 0 Å². The van der Waals surface area contributed by atoms with Crippen molar-refractivity contribution in [2.24, 2.45) is 0 Å². The highest BCUT2D eigenvalue weighted by molar-refractivity contribution is 7.98. The van der Waals surface area contributed by atoms with E-state index in [-0.39, 0.29) is 0 Å². The van der Waals surface area contributed by atoms with Crippen molar-refractivity contribution in [3.63, 3.8) is 0 Å². The minimum atomic E-state index is -0.461. The lowest BCUT2D eigenvalue weighted by Crippen LogP contribution is -2.30. The summed E-state index contributed by atoms with van der Waals surface area (Å²) in [5.41, 5.74) is 2.11. The predicted molar refractivity (Wildman–Crippen MR) is 103 cm³/mol. The van der Waals surface area contributed by atoms with Gasteiger partial charge < -0.3 is 15.6 Å². The molecule has 12 heteroatoms. The summed E-state index contributed by atoms with van der Waals surface area (Å²) in [7, 11) is 0. The van der Waals surface area contributed by atoms with Gasteiger partial charge in [0.25, 0.3) is 6.20 Å². The van der Waals surface area contributed by atoms with E-state index in [9.17, 15) is 10.1 Å². The fraction of sp³-hybridized carbons (Fsp3) is 0.500. The molecule has 2 heterocycles. The van der Waals surface area contributed by atoms with Gasteiger partial charge in [0.05, 0.1) is 22.7 Å². The Balaban J connectivity index is 1.60. The van der Waals surface area contributed by atoms with E-state index in [1.807, 2.05) is 6.92 Å². The zero-order valence-corrected chi connectivity index (χ0v) is 16.0. The molecule has 2 rings (SSSR count). The molecular weight excluding hydrogens is 376 g/mol. The van der Waals surface area contributed by atoms with E-state index < -0.39 is 4.92 Å². The van der Waals surface area contributed by atoms with Gasteiger partial charge in [-0.1, -0.05) is 0 Å². The van der Waals surface area contributed by atoms with Crippen molar-refractivity contribution in [1.29, 1.82) is 0 Å². The average Bonchev–Trinajstić information content (AvgIpc) is 3.25. The molecule has 0 unspecified atom stereocenters. The van der Waals surface area contributed by atoms with Crippen LogP contribution < -0.4 is 10.6 Å². The zero-order chi connectivity index (χ0) is 18.6. The predicted octanol–water partition coefficient (Wildman–Crippen LogP) is 1.26. The van der Waals surface area contributed by atoms with Gasteiger partial charge in [-0.05, 0) is 6.92 Å². The Morgan fingerprint density at radius 3 is 2.54 bits per heavy atom. The molecule has 0 saturated carbocycles. The molecule has 0 aliphatic carbocycles. The van der Waals surface area contributed by atoms with E-state index >= 15 is 0 Å². The van der Waals surface area contributed by atoms with Crippen LogP contribution in [0.3, 0.4) is 0 Å². The van der Waals surface area contributed by atoms with Gasteiger partial charge in [0, 0.05) is 36.0 Å². The Labute approximate surface area is 159 Å². The number of H-pyrrole nitrogens is 2. The fourth-order valence-electron chi connectivity index (χ4n) is 1.95. The van der Waals surface area contributed by atoms with Gasteiger partial charge in [-0.25, -0.2) is 9.97 Å². The van der Waals surface area contributed by atoms with Crippen molar-refractivity contribution < 1.29 is 4.92 Å². The molecule has 0 radical (unpaired) electrons. The van der Waals surface area contributed by atoms with Gasteiger partial charge in [-0.15, -0.1) is 0 Å². The molecule has 0 aliphatic heterocycles. The number of aromatic nitrogens is 5. The molecule has 0 fully saturated rings. The molecule has 142 valence electrons. The maximum Gasteiger partial charge on any atom is 0.274 e. The third kappa shape index (κ3) is 7.78. The van der Waals surface area contributed by atoms with Crippen molar-refractivity contribution in [3.8, 4) is 0 Å². The number of nitrogens with zero attached hydrogens (tertiary/aromatic N) is 4. The number of hydrogen-bond donors (Lipinski definition) is 4. The molecule has 2 aromatic heterocycles. The van der Waals surface area contributed by atoms with Gasteiger partial charge in [-0.3, -0.25) is 15.2 Å². The molecule has 26 heavy (non-hydrogen) atoms.